The first-order valence-electron chi connectivity index (χ1n) is 9.89. The van der Waals surface area contributed by atoms with E-state index in [4.69, 9.17) is 0 Å². The van der Waals surface area contributed by atoms with Crippen molar-refractivity contribution in [2.24, 2.45) is 5.92 Å². The number of piperidine rings is 1. The molecule has 0 atom stereocenters. The number of hydrogen-bond donors (Lipinski definition) is 0. The van der Waals surface area contributed by atoms with Gasteiger partial charge in [0.1, 0.15) is 11.5 Å². The van der Waals surface area contributed by atoms with Crippen LogP contribution in [0.2, 0.25) is 0 Å². The van der Waals surface area contributed by atoms with E-state index >= 15 is 0 Å². The fourth-order valence-electron chi connectivity index (χ4n) is 3.58. The summed E-state index contributed by atoms with van der Waals surface area (Å²) in [6.07, 6.45) is 1.22. The van der Waals surface area contributed by atoms with Crippen LogP contribution in [-0.4, -0.2) is 57.6 Å². The molecule has 0 radical (unpaired) electrons. The highest BCUT2D eigenvalue weighted by molar-refractivity contribution is 5.92. The summed E-state index contributed by atoms with van der Waals surface area (Å²) in [5.74, 6) is -0.629. The number of nitrogens with zero attached hydrogens (tertiary/aromatic N) is 4. The van der Waals surface area contributed by atoms with Crippen LogP contribution in [0.5, 0.6) is 0 Å². The standard InChI is InChI=1S/C21H25FN4O3/c1-3-24(4-2)20(28)15-11-13-25(14-12-15)21(29)18-9-10-19(27)26(23-18)17-7-5-16(22)6-8-17/h5-10,15H,3-4,11-14H2,1-2H3. The lowest BCUT2D eigenvalue weighted by Crippen LogP contribution is -2.44. The molecule has 29 heavy (non-hydrogen) atoms. The first-order valence-corrected chi connectivity index (χ1v) is 9.89. The first-order chi connectivity index (χ1) is 13.9. The van der Waals surface area contributed by atoms with Crippen molar-refractivity contribution in [1.82, 2.24) is 19.6 Å². The van der Waals surface area contributed by atoms with Gasteiger partial charge in [-0.05, 0) is 57.0 Å². The van der Waals surface area contributed by atoms with Crippen molar-refractivity contribution in [3.63, 3.8) is 0 Å². The van der Waals surface area contributed by atoms with Crippen molar-refractivity contribution in [3.05, 3.63) is 58.3 Å². The summed E-state index contributed by atoms with van der Waals surface area (Å²) < 4.78 is 14.2. The van der Waals surface area contributed by atoms with Crippen molar-refractivity contribution in [3.8, 4) is 5.69 Å². The van der Waals surface area contributed by atoms with Crippen LogP contribution in [0.4, 0.5) is 4.39 Å². The maximum Gasteiger partial charge on any atom is 0.274 e. The lowest BCUT2D eigenvalue weighted by Gasteiger charge is -2.33. The smallest absolute Gasteiger partial charge is 0.274 e. The quantitative estimate of drug-likeness (QED) is 0.770. The predicted octanol–water partition coefficient (Wildman–Crippen LogP) is 2.09. The van der Waals surface area contributed by atoms with Crippen LogP contribution in [0.3, 0.4) is 0 Å². The number of hydrogen-bond acceptors (Lipinski definition) is 4. The number of amides is 2. The van der Waals surface area contributed by atoms with Crippen molar-refractivity contribution < 1.29 is 14.0 Å². The summed E-state index contributed by atoms with van der Waals surface area (Å²) in [7, 11) is 0. The summed E-state index contributed by atoms with van der Waals surface area (Å²) in [4.78, 5) is 41.0. The van der Waals surface area contributed by atoms with Gasteiger partial charge in [0.25, 0.3) is 11.5 Å². The zero-order valence-electron chi connectivity index (χ0n) is 16.7. The van der Waals surface area contributed by atoms with Gasteiger partial charge in [-0.2, -0.15) is 9.78 Å². The number of likely N-dealkylation sites (tertiary alicyclic amines) is 1. The molecule has 1 fully saturated rings. The fraction of sp³-hybridized carbons (Fsp3) is 0.429. The molecule has 1 saturated heterocycles. The summed E-state index contributed by atoms with van der Waals surface area (Å²) in [5.41, 5.74) is 0.119. The third-order valence-corrected chi connectivity index (χ3v) is 5.30. The Kier molecular flexibility index (Phi) is 6.41. The van der Waals surface area contributed by atoms with E-state index in [1.54, 1.807) is 4.90 Å². The van der Waals surface area contributed by atoms with E-state index in [1.807, 2.05) is 18.7 Å². The Morgan fingerprint density at radius 2 is 1.69 bits per heavy atom. The largest absolute Gasteiger partial charge is 0.343 e. The second-order valence-electron chi connectivity index (χ2n) is 7.02. The van der Waals surface area contributed by atoms with Crippen LogP contribution in [0.1, 0.15) is 37.2 Å². The maximum atomic E-state index is 13.1. The molecule has 1 aromatic carbocycles. The van der Waals surface area contributed by atoms with Crippen molar-refractivity contribution in [1.29, 1.82) is 0 Å². The average Bonchev–Trinajstić information content (AvgIpc) is 2.75. The summed E-state index contributed by atoms with van der Waals surface area (Å²) in [5, 5.41) is 4.17. The molecule has 1 aliphatic heterocycles. The molecule has 1 aliphatic rings. The highest BCUT2D eigenvalue weighted by Gasteiger charge is 2.30. The van der Waals surface area contributed by atoms with Crippen LogP contribution < -0.4 is 5.56 Å². The van der Waals surface area contributed by atoms with Gasteiger partial charge in [-0.1, -0.05) is 0 Å². The Balaban J connectivity index is 1.72. The van der Waals surface area contributed by atoms with Gasteiger partial charge in [0.2, 0.25) is 5.91 Å². The van der Waals surface area contributed by atoms with Crippen molar-refractivity contribution in [2.75, 3.05) is 26.2 Å². The zero-order chi connectivity index (χ0) is 21.0. The molecular weight excluding hydrogens is 375 g/mol. The Morgan fingerprint density at radius 1 is 1.07 bits per heavy atom. The van der Waals surface area contributed by atoms with Gasteiger partial charge >= 0.3 is 0 Å². The van der Waals surface area contributed by atoms with Gasteiger partial charge in [-0.25, -0.2) is 4.39 Å². The van der Waals surface area contributed by atoms with E-state index in [1.165, 1.54) is 36.4 Å². The number of carbonyl (C=O) groups excluding carboxylic acids is 2. The molecule has 1 aromatic heterocycles. The van der Waals surface area contributed by atoms with Crippen LogP contribution in [0.15, 0.2) is 41.2 Å². The van der Waals surface area contributed by atoms with Gasteiger partial charge in [0.15, 0.2) is 0 Å². The lowest BCUT2D eigenvalue weighted by atomic mass is 9.95. The molecule has 0 unspecified atom stereocenters. The van der Waals surface area contributed by atoms with E-state index in [0.717, 1.165) is 4.68 Å². The highest BCUT2D eigenvalue weighted by Crippen LogP contribution is 2.21. The number of benzene rings is 1. The van der Waals surface area contributed by atoms with E-state index in [9.17, 15) is 18.8 Å². The monoisotopic (exact) mass is 400 g/mol. The normalized spacial score (nSPS) is 14.7. The van der Waals surface area contributed by atoms with Gasteiger partial charge in [-0.3, -0.25) is 14.4 Å². The minimum absolute atomic E-state index is 0.0694. The second-order valence-corrected chi connectivity index (χ2v) is 7.02. The molecule has 0 bridgehead atoms. The van der Waals surface area contributed by atoms with Crippen molar-refractivity contribution in [2.45, 2.75) is 26.7 Å². The van der Waals surface area contributed by atoms with Crippen molar-refractivity contribution >= 4 is 11.8 Å². The molecule has 0 aliphatic carbocycles. The minimum Gasteiger partial charge on any atom is -0.343 e. The molecule has 2 heterocycles. The van der Waals surface area contributed by atoms with Crippen LogP contribution >= 0.6 is 0 Å². The van der Waals surface area contributed by atoms with Crippen LogP contribution in [0, 0.1) is 11.7 Å². The zero-order valence-corrected chi connectivity index (χ0v) is 16.7. The van der Waals surface area contributed by atoms with E-state index in [-0.39, 0.29) is 23.4 Å². The molecule has 0 spiro atoms. The third-order valence-electron chi connectivity index (χ3n) is 5.30. The number of carbonyl (C=O) groups is 2. The van der Waals surface area contributed by atoms with Gasteiger partial charge in [-0.15, -0.1) is 0 Å². The number of rotatable bonds is 5. The van der Waals surface area contributed by atoms with E-state index in [0.29, 0.717) is 44.7 Å². The molecule has 8 heteroatoms. The number of aromatic nitrogens is 2. The first kappa shape index (κ1) is 20.7. The summed E-state index contributed by atoms with van der Waals surface area (Å²) >= 11 is 0. The van der Waals surface area contributed by atoms with Crippen LogP contribution in [-0.2, 0) is 4.79 Å². The molecule has 2 amide bonds. The van der Waals surface area contributed by atoms with Crippen LogP contribution in [0.25, 0.3) is 5.69 Å². The third kappa shape index (κ3) is 4.52. The van der Waals surface area contributed by atoms with Gasteiger partial charge in [0.05, 0.1) is 5.69 Å². The molecule has 154 valence electrons. The molecule has 0 N–H and O–H groups in total. The Labute approximate surface area is 168 Å². The Hall–Kier alpha value is -3.03. The molecule has 7 nitrogen and oxygen atoms in total. The SMILES string of the molecule is CCN(CC)C(=O)C1CCN(C(=O)c2ccc(=O)n(-c3ccc(F)cc3)n2)CC1. The Bertz CT molecular complexity index is 930. The fourth-order valence-corrected chi connectivity index (χ4v) is 3.58. The number of halogens is 1. The summed E-state index contributed by atoms with van der Waals surface area (Å²) in [6.45, 7) is 6.22. The molecule has 2 aromatic rings. The van der Waals surface area contributed by atoms with E-state index in [2.05, 4.69) is 5.10 Å². The lowest BCUT2D eigenvalue weighted by molar-refractivity contribution is -0.136. The molecule has 3 rings (SSSR count). The molecule has 0 saturated carbocycles. The average molecular weight is 400 g/mol. The molecular formula is C21H25FN4O3. The van der Waals surface area contributed by atoms with Gasteiger partial charge in [0, 0.05) is 38.2 Å². The highest BCUT2D eigenvalue weighted by atomic mass is 19.1. The second kappa shape index (κ2) is 8.98. The topological polar surface area (TPSA) is 75.5 Å². The van der Waals surface area contributed by atoms with E-state index < -0.39 is 11.4 Å². The van der Waals surface area contributed by atoms with Gasteiger partial charge < -0.3 is 9.80 Å². The Morgan fingerprint density at radius 3 is 2.28 bits per heavy atom. The predicted molar refractivity (Wildman–Crippen MR) is 106 cm³/mol. The maximum absolute atomic E-state index is 13.1. The summed E-state index contributed by atoms with van der Waals surface area (Å²) in [6, 6.07) is 8.01. The minimum atomic E-state index is -0.420.